The average Bonchev–Trinajstić information content (AvgIpc) is 2.97. The lowest BCUT2D eigenvalue weighted by molar-refractivity contribution is -0.110. The molecular weight excluding hydrogens is 333 g/mol. The number of para-hydroxylation sites is 2. The molecule has 0 aliphatic carbocycles. The highest BCUT2D eigenvalue weighted by molar-refractivity contribution is 6.31. The van der Waals surface area contributed by atoms with Crippen molar-refractivity contribution in [2.24, 2.45) is 0 Å². The number of benzene rings is 2. The van der Waals surface area contributed by atoms with E-state index in [1.54, 1.807) is 13.2 Å². The third-order valence-electron chi connectivity index (χ3n) is 4.82. The highest BCUT2D eigenvalue weighted by atomic mass is 19.1. The number of piperazine rings is 1. The Hall–Kier alpha value is -3.02. The van der Waals surface area contributed by atoms with Crippen LogP contribution in [0.3, 0.4) is 0 Å². The van der Waals surface area contributed by atoms with Crippen molar-refractivity contribution in [3.05, 3.63) is 60.0 Å². The average molecular weight is 353 g/mol. The largest absolute Gasteiger partial charge is 0.495 e. The maximum Gasteiger partial charge on any atom is 0.257 e. The molecule has 0 spiro atoms. The lowest BCUT2D eigenvalue weighted by Crippen LogP contribution is -2.44. The smallest absolute Gasteiger partial charge is 0.257 e. The highest BCUT2D eigenvalue weighted by Gasteiger charge is 2.26. The number of fused-ring (bicyclic) bond motifs is 1. The molecule has 1 amide bonds. The van der Waals surface area contributed by atoms with Crippen molar-refractivity contribution >= 4 is 22.9 Å². The van der Waals surface area contributed by atoms with E-state index in [1.807, 2.05) is 24.4 Å². The summed E-state index contributed by atoms with van der Waals surface area (Å²) in [6.45, 7) is 3.20. The Morgan fingerprint density at radius 3 is 2.65 bits per heavy atom. The van der Waals surface area contributed by atoms with E-state index < -0.39 is 0 Å². The monoisotopic (exact) mass is 353 g/mol. The minimum atomic E-state index is -0.341. The fourth-order valence-electron chi connectivity index (χ4n) is 3.45. The van der Waals surface area contributed by atoms with Crippen molar-refractivity contribution in [3.8, 4) is 5.75 Å². The number of rotatable bonds is 3. The van der Waals surface area contributed by atoms with E-state index in [0.29, 0.717) is 16.8 Å². The van der Waals surface area contributed by atoms with Crippen LogP contribution in [0, 0.1) is 5.82 Å². The second-order valence-electron chi connectivity index (χ2n) is 6.38. The van der Waals surface area contributed by atoms with Crippen LogP contribution in [0.2, 0.25) is 0 Å². The van der Waals surface area contributed by atoms with Crippen LogP contribution in [0.25, 0.3) is 5.57 Å². The van der Waals surface area contributed by atoms with Crippen LogP contribution in [0.15, 0.2) is 48.7 Å². The molecule has 1 fully saturated rings. The van der Waals surface area contributed by atoms with Gasteiger partial charge in [0.15, 0.2) is 0 Å². The summed E-state index contributed by atoms with van der Waals surface area (Å²) < 4.78 is 19.0. The number of nitrogens with one attached hydrogen (secondary N) is 1. The summed E-state index contributed by atoms with van der Waals surface area (Å²) in [7, 11) is 1.68. The Balaban J connectivity index is 1.50. The Bertz CT molecular complexity index is 873. The SMILES string of the molecule is COc1ccccc1N1CCN(/C=C2/C(=O)Nc3ccc(F)cc32)CC1. The van der Waals surface area contributed by atoms with Crippen molar-refractivity contribution in [2.75, 3.05) is 43.5 Å². The van der Waals surface area contributed by atoms with E-state index in [9.17, 15) is 9.18 Å². The van der Waals surface area contributed by atoms with Gasteiger partial charge in [0.1, 0.15) is 11.6 Å². The number of carbonyl (C=O) groups excluding carboxylic acids is 1. The van der Waals surface area contributed by atoms with Crippen LogP contribution < -0.4 is 15.0 Å². The number of nitrogens with zero attached hydrogens (tertiary/aromatic N) is 2. The molecule has 134 valence electrons. The molecule has 2 aliphatic rings. The highest BCUT2D eigenvalue weighted by Crippen LogP contribution is 2.33. The summed E-state index contributed by atoms with van der Waals surface area (Å²) in [4.78, 5) is 16.6. The predicted molar refractivity (Wildman–Crippen MR) is 99.8 cm³/mol. The third-order valence-corrected chi connectivity index (χ3v) is 4.82. The maximum atomic E-state index is 13.6. The summed E-state index contributed by atoms with van der Waals surface area (Å²) in [6.07, 6.45) is 1.85. The van der Waals surface area contributed by atoms with Crippen molar-refractivity contribution in [1.29, 1.82) is 0 Å². The van der Waals surface area contributed by atoms with Gasteiger partial charge in [-0.1, -0.05) is 12.1 Å². The van der Waals surface area contributed by atoms with Gasteiger partial charge >= 0.3 is 0 Å². The summed E-state index contributed by atoms with van der Waals surface area (Å²) in [6, 6.07) is 12.3. The van der Waals surface area contributed by atoms with E-state index in [2.05, 4.69) is 21.2 Å². The number of carbonyl (C=O) groups is 1. The van der Waals surface area contributed by atoms with Crippen LogP contribution in [-0.2, 0) is 4.79 Å². The van der Waals surface area contributed by atoms with Gasteiger partial charge in [-0.05, 0) is 30.3 Å². The number of ether oxygens (including phenoxy) is 1. The number of amides is 1. The normalized spacial score (nSPS) is 18.1. The second kappa shape index (κ2) is 6.71. The van der Waals surface area contributed by atoms with Crippen LogP contribution in [0.1, 0.15) is 5.56 Å². The molecule has 5 nitrogen and oxygen atoms in total. The molecule has 2 heterocycles. The zero-order valence-electron chi connectivity index (χ0n) is 14.5. The van der Waals surface area contributed by atoms with Crippen LogP contribution in [0.5, 0.6) is 5.75 Å². The molecule has 4 rings (SSSR count). The Labute approximate surface area is 151 Å². The summed E-state index contributed by atoms with van der Waals surface area (Å²) in [5, 5.41) is 2.79. The minimum absolute atomic E-state index is 0.183. The molecule has 6 heteroatoms. The first-order chi connectivity index (χ1) is 12.7. The van der Waals surface area contributed by atoms with Gasteiger partial charge in [0.05, 0.1) is 18.4 Å². The first kappa shape index (κ1) is 16.4. The van der Waals surface area contributed by atoms with Crippen molar-refractivity contribution < 1.29 is 13.9 Å². The molecule has 1 N–H and O–H groups in total. The van der Waals surface area contributed by atoms with Gasteiger partial charge in [0, 0.05) is 43.6 Å². The summed E-state index contributed by atoms with van der Waals surface area (Å²) in [5.74, 6) is 0.337. The number of hydrogen-bond acceptors (Lipinski definition) is 4. The van der Waals surface area contributed by atoms with E-state index in [1.165, 1.54) is 12.1 Å². The number of methoxy groups -OCH3 is 1. The van der Waals surface area contributed by atoms with Gasteiger partial charge in [0.2, 0.25) is 0 Å². The molecule has 2 aromatic rings. The molecular formula is C20H20FN3O2. The molecule has 0 radical (unpaired) electrons. The number of anilines is 2. The molecule has 26 heavy (non-hydrogen) atoms. The van der Waals surface area contributed by atoms with Gasteiger partial charge < -0.3 is 19.9 Å². The lowest BCUT2D eigenvalue weighted by atomic mass is 10.1. The minimum Gasteiger partial charge on any atom is -0.495 e. The van der Waals surface area contributed by atoms with E-state index in [4.69, 9.17) is 4.74 Å². The fraction of sp³-hybridized carbons (Fsp3) is 0.250. The standard InChI is InChI=1S/C20H20FN3O2/c1-26-19-5-3-2-4-18(19)24-10-8-23(9-11-24)13-16-15-12-14(21)6-7-17(15)22-20(16)25/h2-7,12-13H,8-11H2,1H3,(H,22,25)/b16-13+. The first-order valence-electron chi connectivity index (χ1n) is 8.61. The van der Waals surface area contributed by atoms with Gasteiger partial charge in [-0.3, -0.25) is 4.79 Å². The summed E-state index contributed by atoms with van der Waals surface area (Å²) >= 11 is 0. The second-order valence-corrected chi connectivity index (χ2v) is 6.38. The van der Waals surface area contributed by atoms with Crippen molar-refractivity contribution in [1.82, 2.24) is 4.90 Å². The topological polar surface area (TPSA) is 44.8 Å². The van der Waals surface area contributed by atoms with E-state index in [-0.39, 0.29) is 11.7 Å². The summed E-state index contributed by atoms with van der Waals surface area (Å²) in [5.41, 5.74) is 2.89. The van der Waals surface area contributed by atoms with Gasteiger partial charge in [-0.2, -0.15) is 0 Å². The van der Waals surface area contributed by atoms with Gasteiger partial charge in [-0.15, -0.1) is 0 Å². The molecule has 2 aromatic carbocycles. The molecule has 0 atom stereocenters. The molecule has 1 saturated heterocycles. The van der Waals surface area contributed by atoms with Crippen LogP contribution >= 0.6 is 0 Å². The Morgan fingerprint density at radius 1 is 1.12 bits per heavy atom. The van der Waals surface area contributed by atoms with Crippen molar-refractivity contribution in [3.63, 3.8) is 0 Å². The van der Waals surface area contributed by atoms with E-state index in [0.717, 1.165) is 37.6 Å². The van der Waals surface area contributed by atoms with Gasteiger partial charge in [-0.25, -0.2) is 4.39 Å². The van der Waals surface area contributed by atoms with E-state index >= 15 is 0 Å². The lowest BCUT2D eigenvalue weighted by Gasteiger charge is -2.36. The molecule has 0 unspecified atom stereocenters. The van der Waals surface area contributed by atoms with Crippen LogP contribution in [-0.4, -0.2) is 44.1 Å². The molecule has 0 aromatic heterocycles. The quantitative estimate of drug-likeness (QED) is 0.862. The number of halogens is 1. The zero-order chi connectivity index (χ0) is 18.1. The third kappa shape index (κ3) is 2.98. The Morgan fingerprint density at radius 2 is 1.88 bits per heavy atom. The van der Waals surface area contributed by atoms with Gasteiger partial charge in [0.25, 0.3) is 5.91 Å². The van der Waals surface area contributed by atoms with Crippen LogP contribution in [0.4, 0.5) is 15.8 Å². The molecule has 0 bridgehead atoms. The predicted octanol–water partition coefficient (Wildman–Crippen LogP) is 2.95. The molecule has 0 saturated carbocycles. The maximum absolute atomic E-state index is 13.6. The Kier molecular flexibility index (Phi) is 4.24. The number of hydrogen-bond donors (Lipinski definition) is 1. The van der Waals surface area contributed by atoms with Crippen molar-refractivity contribution in [2.45, 2.75) is 0 Å². The first-order valence-corrected chi connectivity index (χ1v) is 8.61. The zero-order valence-corrected chi connectivity index (χ0v) is 14.5. The molecule has 2 aliphatic heterocycles. The fourth-order valence-corrected chi connectivity index (χ4v) is 3.45.